The van der Waals surface area contributed by atoms with Crippen LogP contribution < -0.4 is 17.2 Å². The Balaban J connectivity index is 0.000000450. The molecule has 75 heavy (non-hydrogen) atoms. The summed E-state index contributed by atoms with van der Waals surface area (Å²) in [6, 6.07) is 48.1. The molecule has 0 unspecified atom stereocenters. The second-order valence-electron chi connectivity index (χ2n) is 27.9. The van der Waals surface area contributed by atoms with E-state index in [1.54, 1.807) is 24.3 Å². The summed E-state index contributed by atoms with van der Waals surface area (Å²) in [7, 11) is 0. The van der Waals surface area contributed by atoms with E-state index in [0.29, 0.717) is 44.0 Å². The minimum Gasteiger partial charge on any atom is -0.508 e. The zero-order chi connectivity index (χ0) is 57.3. The smallest absolute Gasteiger partial charge is 0.115 e. The summed E-state index contributed by atoms with van der Waals surface area (Å²) in [5.74, 6) is 0.687. The third-order valence-electron chi connectivity index (χ3n) is 11.6. The number of aromatic hydroxyl groups is 2. The van der Waals surface area contributed by atoms with Crippen molar-refractivity contribution in [3.63, 3.8) is 0 Å². The number of rotatable bonds is 9. The van der Waals surface area contributed by atoms with Crippen LogP contribution in [0.2, 0.25) is 0 Å². The Morgan fingerprint density at radius 2 is 0.560 bits per heavy atom. The second-order valence-corrected chi connectivity index (χ2v) is 27.9. The van der Waals surface area contributed by atoms with Crippen LogP contribution >= 0.6 is 0 Å². The van der Waals surface area contributed by atoms with Gasteiger partial charge in [-0.1, -0.05) is 215 Å². The van der Waals surface area contributed by atoms with Crippen LogP contribution in [-0.2, 0) is 38.5 Å². The molecule has 0 saturated carbocycles. The van der Waals surface area contributed by atoms with Gasteiger partial charge in [-0.25, -0.2) is 0 Å². The number of benzene rings is 6. The molecule has 0 saturated heterocycles. The summed E-state index contributed by atoms with van der Waals surface area (Å²) in [5.41, 5.74) is 31.1. The highest BCUT2D eigenvalue weighted by molar-refractivity contribution is 5.41. The molecule has 8 N–H and O–H groups in total. The Bertz CT molecular complexity index is 2210. The Labute approximate surface area is 460 Å². The van der Waals surface area contributed by atoms with E-state index in [0.717, 1.165) is 49.2 Å². The first-order chi connectivity index (χ1) is 34.3. The van der Waals surface area contributed by atoms with Crippen LogP contribution in [0.4, 0.5) is 17.1 Å². The van der Waals surface area contributed by atoms with Crippen LogP contribution in [0.15, 0.2) is 146 Å². The van der Waals surface area contributed by atoms with Gasteiger partial charge in [0.25, 0.3) is 0 Å². The first-order valence-electron chi connectivity index (χ1n) is 27.5. The fourth-order valence-electron chi connectivity index (χ4n) is 7.45. The van der Waals surface area contributed by atoms with Crippen LogP contribution in [0, 0.1) is 39.4 Å². The van der Waals surface area contributed by atoms with Crippen molar-refractivity contribution in [3.05, 3.63) is 185 Å². The number of nitrogens with two attached hydrogens (primary N) is 3. The standard InChI is InChI=1S/C13H20.C12H19N.C12H18O.2C11H17N.C11H16O/c1-11-5-7-12(8-6-11)9-10-13(2,3)4;2*1-12(2,3)9-8-10-4-6-11(13)7-5-10;1-11(2,3)8-9-4-6-10(12)7-5-9;1-11(2,3)8-9-5-4-6-10(12)7-9;1-11(2,3)8-9-4-6-10(12)7-5-9/h5-8H,9-10H2,1-4H3;4-7H,8-9,13H2,1-3H3;4-7,13H,8-9H2,1-3H3;2*4-7H,8,12H2,1-3H3;4-7,12H,8H2,1-3H3. The highest BCUT2D eigenvalue weighted by Crippen LogP contribution is 2.26. The van der Waals surface area contributed by atoms with Crippen molar-refractivity contribution < 1.29 is 10.2 Å². The first kappa shape index (κ1) is 67.3. The van der Waals surface area contributed by atoms with Gasteiger partial charge in [0.15, 0.2) is 0 Å². The highest BCUT2D eigenvalue weighted by atomic mass is 16.3. The number of hydrogen-bond donors (Lipinski definition) is 5. The SMILES string of the molecule is CC(C)(C)CCc1ccc(N)cc1.CC(C)(C)CCc1ccc(O)cc1.CC(C)(C)Cc1ccc(N)cc1.CC(C)(C)Cc1ccc(O)cc1.CC(C)(C)Cc1cccc(N)c1.Cc1ccc(CCC(C)(C)C)cc1. The number of aryl methyl sites for hydroxylation is 4. The lowest BCUT2D eigenvalue weighted by Gasteiger charge is -2.18. The summed E-state index contributed by atoms with van der Waals surface area (Å²) >= 11 is 0. The van der Waals surface area contributed by atoms with Gasteiger partial charge in [-0.15, -0.1) is 0 Å². The topological polar surface area (TPSA) is 119 Å². The van der Waals surface area contributed by atoms with E-state index in [4.69, 9.17) is 27.4 Å². The quantitative estimate of drug-likeness (QED) is 0.0925. The van der Waals surface area contributed by atoms with E-state index in [1.807, 2.05) is 66.7 Å². The molecule has 0 aliphatic carbocycles. The maximum absolute atomic E-state index is 9.08. The molecule has 0 bridgehead atoms. The lowest BCUT2D eigenvalue weighted by atomic mass is 9.88. The van der Waals surface area contributed by atoms with Crippen molar-refractivity contribution >= 4 is 17.1 Å². The molecule has 5 heteroatoms. The van der Waals surface area contributed by atoms with E-state index >= 15 is 0 Å². The van der Waals surface area contributed by atoms with E-state index in [9.17, 15) is 0 Å². The summed E-state index contributed by atoms with van der Waals surface area (Å²) in [5, 5.41) is 18.1. The molecule has 0 heterocycles. The average Bonchev–Trinajstić information content (AvgIpc) is 3.26. The molecular weight excluding hydrogens is 915 g/mol. The van der Waals surface area contributed by atoms with Gasteiger partial charge in [0, 0.05) is 17.1 Å². The third kappa shape index (κ3) is 39.4. The molecule has 0 amide bonds. The van der Waals surface area contributed by atoms with Gasteiger partial charge in [0.1, 0.15) is 11.5 Å². The summed E-state index contributed by atoms with van der Waals surface area (Å²) in [4.78, 5) is 0. The fraction of sp³-hybridized carbons (Fsp3) is 0.486. The third-order valence-corrected chi connectivity index (χ3v) is 11.6. The highest BCUT2D eigenvalue weighted by Gasteiger charge is 2.14. The molecule has 0 fully saturated rings. The largest absolute Gasteiger partial charge is 0.508 e. The molecule has 0 aliphatic rings. The van der Waals surface area contributed by atoms with Crippen LogP contribution in [-0.4, -0.2) is 10.2 Å². The number of phenols is 2. The summed E-state index contributed by atoms with van der Waals surface area (Å²) < 4.78 is 0. The number of anilines is 3. The Kier molecular flexibility index (Phi) is 28.2. The zero-order valence-corrected chi connectivity index (χ0v) is 50.8. The molecule has 0 atom stereocenters. The summed E-state index contributed by atoms with van der Waals surface area (Å²) in [6.07, 6.45) is 10.3. The van der Waals surface area contributed by atoms with Crippen LogP contribution in [0.25, 0.3) is 0 Å². The lowest BCUT2D eigenvalue weighted by molar-refractivity contribution is 0.378. The molecule has 6 aromatic carbocycles. The molecule has 0 radical (unpaired) electrons. The average molecular weight is 1020 g/mol. The Morgan fingerprint density at radius 3 is 0.853 bits per heavy atom. The van der Waals surface area contributed by atoms with Crippen molar-refractivity contribution in [1.29, 1.82) is 0 Å². The van der Waals surface area contributed by atoms with E-state index in [-0.39, 0.29) is 0 Å². The molecule has 5 nitrogen and oxygen atoms in total. The van der Waals surface area contributed by atoms with Gasteiger partial charge in [-0.3, -0.25) is 0 Å². The van der Waals surface area contributed by atoms with Crippen LogP contribution in [0.1, 0.15) is 183 Å². The molecule has 0 spiro atoms. The maximum Gasteiger partial charge on any atom is 0.115 e. The summed E-state index contributed by atoms with van der Waals surface area (Å²) in [6.45, 7) is 42.6. The minimum atomic E-state index is 0.316. The first-order valence-corrected chi connectivity index (χ1v) is 27.5. The van der Waals surface area contributed by atoms with Gasteiger partial charge in [-0.2, -0.15) is 0 Å². The second kappa shape index (κ2) is 31.4. The number of phenolic OH excluding ortho intramolecular Hbond substituents is 2. The molecule has 0 aromatic heterocycles. The minimum absolute atomic E-state index is 0.316. The van der Waals surface area contributed by atoms with Crippen molar-refractivity contribution in [2.45, 2.75) is 189 Å². The molecule has 6 aromatic rings. The lowest BCUT2D eigenvalue weighted by Crippen LogP contribution is -2.09. The van der Waals surface area contributed by atoms with Crippen LogP contribution in [0.3, 0.4) is 0 Å². The van der Waals surface area contributed by atoms with Crippen molar-refractivity contribution in [2.24, 2.45) is 32.5 Å². The number of nitrogen functional groups attached to an aromatic ring is 3. The predicted molar refractivity (Wildman–Crippen MR) is 333 cm³/mol. The van der Waals surface area contributed by atoms with Gasteiger partial charge in [-0.05, 0) is 191 Å². The Morgan fingerprint density at radius 1 is 0.293 bits per heavy atom. The predicted octanol–water partition coefficient (Wildman–Crippen LogP) is 19.3. The van der Waals surface area contributed by atoms with E-state index < -0.39 is 0 Å². The zero-order valence-electron chi connectivity index (χ0n) is 50.8. The van der Waals surface area contributed by atoms with Crippen molar-refractivity contribution in [2.75, 3.05) is 17.2 Å². The number of hydrogen-bond acceptors (Lipinski definition) is 5. The van der Waals surface area contributed by atoms with Gasteiger partial charge < -0.3 is 27.4 Å². The van der Waals surface area contributed by atoms with Gasteiger partial charge in [0.05, 0.1) is 0 Å². The van der Waals surface area contributed by atoms with E-state index in [1.165, 1.54) is 64.6 Å². The van der Waals surface area contributed by atoms with Gasteiger partial charge in [0.2, 0.25) is 0 Å². The van der Waals surface area contributed by atoms with Gasteiger partial charge >= 0.3 is 0 Å². The fourth-order valence-corrected chi connectivity index (χ4v) is 7.45. The Hall–Kier alpha value is -5.68. The molecule has 6 rings (SSSR count). The van der Waals surface area contributed by atoms with E-state index in [2.05, 4.69) is 186 Å². The maximum atomic E-state index is 9.08. The molecule has 0 aliphatic heterocycles. The van der Waals surface area contributed by atoms with Crippen molar-refractivity contribution in [1.82, 2.24) is 0 Å². The molecule has 414 valence electrons. The monoisotopic (exact) mass is 1020 g/mol. The normalized spacial score (nSPS) is 11.6. The van der Waals surface area contributed by atoms with Crippen LogP contribution in [0.5, 0.6) is 11.5 Å². The van der Waals surface area contributed by atoms with Crippen molar-refractivity contribution in [3.8, 4) is 11.5 Å². The molecular formula is C70H107N3O2.